The van der Waals surface area contributed by atoms with Gasteiger partial charge in [0, 0.05) is 13.2 Å². The van der Waals surface area contributed by atoms with Crippen molar-refractivity contribution >= 4 is 11.4 Å². The molecule has 0 fully saturated rings. The van der Waals surface area contributed by atoms with E-state index in [0.717, 1.165) is 11.6 Å². The van der Waals surface area contributed by atoms with Crippen LogP contribution in [0, 0.1) is 20.2 Å². The molecule has 2 rings (SSSR count). The van der Waals surface area contributed by atoms with E-state index in [9.17, 15) is 20.2 Å². The third kappa shape index (κ3) is 5.27. The largest absolute Gasteiger partial charge is 0.487 e. The molecular formula is C19H20N2O7. The molecule has 0 heterocycles. The molecule has 2 aromatic carbocycles. The number of hydrogen-bond donors (Lipinski definition) is 0. The molecule has 0 radical (unpaired) electrons. The van der Waals surface area contributed by atoms with E-state index < -0.39 is 21.2 Å². The van der Waals surface area contributed by atoms with Crippen molar-refractivity contribution in [3.63, 3.8) is 0 Å². The number of methoxy groups -OCH3 is 1. The number of benzene rings is 2. The molecule has 0 spiro atoms. The molecule has 0 amide bonds. The Balaban J connectivity index is 2.43. The van der Waals surface area contributed by atoms with Crippen LogP contribution in [-0.4, -0.2) is 29.7 Å². The molecule has 9 heteroatoms. The van der Waals surface area contributed by atoms with Gasteiger partial charge < -0.3 is 14.2 Å². The minimum Gasteiger partial charge on any atom is -0.487 e. The fourth-order valence-electron chi connectivity index (χ4n) is 2.27. The van der Waals surface area contributed by atoms with Crippen molar-refractivity contribution in [3.05, 3.63) is 80.4 Å². The number of hydrogen-bond acceptors (Lipinski definition) is 7. The average Bonchev–Trinajstić information content (AvgIpc) is 2.70. The van der Waals surface area contributed by atoms with Gasteiger partial charge in [-0.15, -0.1) is 0 Å². The SMILES string of the molecule is C=C(c1cc(OCc2ccccc2)c(OCC(C)OC)cc1[N+](=O)[O-])[N+](=O)[O-]. The summed E-state index contributed by atoms with van der Waals surface area (Å²) in [4.78, 5) is 21.0. The molecule has 0 saturated heterocycles. The van der Waals surface area contributed by atoms with Gasteiger partial charge in [-0.25, -0.2) is 0 Å². The number of rotatable bonds is 10. The Morgan fingerprint density at radius 3 is 2.32 bits per heavy atom. The number of nitrogens with zero attached hydrogens (tertiary/aromatic N) is 2. The first kappa shape index (κ1) is 20.8. The number of nitro groups is 2. The Hall–Kier alpha value is -3.46. The van der Waals surface area contributed by atoms with Crippen LogP contribution in [-0.2, 0) is 11.3 Å². The lowest BCUT2D eigenvalue weighted by Gasteiger charge is -2.16. The molecule has 0 bridgehead atoms. The highest BCUT2D eigenvalue weighted by molar-refractivity contribution is 5.70. The van der Waals surface area contributed by atoms with Crippen LogP contribution in [0.3, 0.4) is 0 Å². The fourth-order valence-corrected chi connectivity index (χ4v) is 2.27. The highest BCUT2D eigenvalue weighted by Crippen LogP contribution is 2.38. The molecule has 9 nitrogen and oxygen atoms in total. The zero-order valence-electron chi connectivity index (χ0n) is 15.5. The van der Waals surface area contributed by atoms with Crippen molar-refractivity contribution < 1.29 is 24.1 Å². The molecule has 0 aliphatic heterocycles. The average molecular weight is 388 g/mol. The maximum Gasteiger partial charge on any atom is 0.287 e. The van der Waals surface area contributed by atoms with Crippen LogP contribution in [0.1, 0.15) is 18.1 Å². The highest BCUT2D eigenvalue weighted by Gasteiger charge is 2.27. The minimum atomic E-state index is -0.781. The molecule has 0 saturated carbocycles. The molecule has 0 N–H and O–H groups in total. The van der Waals surface area contributed by atoms with Crippen molar-refractivity contribution in [2.45, 2.75) is 19.6 Å². The summed E-state index contributed by atoms with van der Waals surface area (Å²) < 4.78 is 16.5. The summed E-state index contributed by atoms with van der Waals surface area (Å²) in [6, 6.07) is 11.5. The van der Waals surface area contributed by atoms with Gasteiger partial charge in [-0.1, -0.05) is 30.3 Å². The van der Waals surface area contributed by atoms with Crippen LogP contribution in [0.15, 0.2) is 49.0 Å². The summed E-state index contributed by atoms with van der Waals surface area (Å²) in [7, 11) is 1.51. The minimum absolute atomic E-state index is 0.0893. The lowest BCUT2D eigenvalue weighted by molar-refractivity contribution is -0.391. The maximum atomic E-state index is 11.4. The molecule has 148 valence electrons. The van der Waals surface area contributed by atoms with Gasteiger partial charge in [-0.05, 0) is 19.1 Å². The van der Waals surface area contributed by atoms with Gasteiger partial charge in [0.25, 0.3) is 11.4 Å². The standard InChI is InChI=1S/C19H20N2O7/c1-13(26-3)11-27-19-10-17(21(24)25)16(14(2)20(22)23)9-18(19)28-12-15-7-5-4-6-8-15/h4-10,13H,2,11-12H2,1,3H3. The first-order valence-corrected chi connectivity index (χ1v) is 8.32. The smallest absolute Gasteiger partial charge is 0.287 e. The van der Waals surface area contributed by atoms with Crippen molar-refractivity contribution in [2.75, 3.05) is 13.7 Å². The van der Waals surface area contributed by atoms with Crippen molar-refractivity contribution in [1.29, 1.82) is 0 Å². The molecule has 0 aliphatic carbocycles. The molecule has 1 unspecified atom stereocenters. The Labute approximate surface area is 161 Å². The van der Waals surface area contributed by atoms with E-state index in [1.807, 2.05) is 30.3 Å². The lowest BCUT2D eigenvalue weighted by atomic mass is 10.1. The van der Waals surface area contributed by atoms with E-state index in [0.29, 0.717) is 0 Å². The van der Waals surface area contributed by atoms with Crippen molar-refractivity contribution in [2.24, 2.45) is 0 Å². The zero-order chi connectivity index (χ0) is 20.7. The molecular weight excluding hydrogens is 368 g/mol. The molecule has 0 aromatic heterocycles. The van der Waals surface area contributed by atoms with Crippen LogP contribution in [0.5, 0.6) is 11.5 Å². The van der Waals surface area contributed by atoms with E-state index >= 15 is 0 Å². The van der Waals surface area contributed by atoms with E-state index in [1.165, 1.54) is 13.2 Å². The van der Waals surface area contributed by atoms with Gasteiger partial charge in [0.2, 0.25) is 0 Å². The second kappa shape index (κ2) is 9.47. The predicted octanol–water partition coefficient (Wildman–Crippen LogP) is 3.83. The molecule has 28 heavy (non-hydrogen) atoms. The second-order valence-corrected chi connectivity index (χ2v) is 5.91. The topological polar surface area (TPSA) is 114 Å². The van der Waals surface area contributed by atoms with Crippen LogP contribution in [0.4, 0.5) is 5.69 Å². The first-order chi connectivity index (χ1) is 13.3. The van der Waals surface area contributed by atoms with E-state index in [2.05, 4.69) is 6.58 Å². The normalized spacial score (nSPS) is 11.5. The van der Waals surface area contributed by atoms with E-state index in [4.69, 9.17) is 14.2 Å². The second-order valence-electron chi connectivity index (χ2n) is 5.91. The summed E-state index contributed by atoms with van der Waals surface area (Å²) in [5, 5.41) is 22.5. The number of nitro benzene ring substituents is 1. The number of ether oxygens (including phenoxy) is 3. The van der Waals surface area contributed by atoms with Crippen LogP contribution < -0.4 is 9.47 Å². The maximum absolute atomic E-state index is 11.4. The first-order valence-electron chi connectivity index (χ1n) is 8.32. The highest BCUT2D eigenvalue weighted by atomic mass is 16.6. The van der Waals surface area contributed by atoms with Gasteiger partial charge >= 0.3 is 0 Å². The summed E-state index contributed by atoms with van der Waals surface area (Å²) in [6.45, 7) is 5.36. The van der Waals surface area contributed by atoms with Gasteiger partial charge in [-0.3, -0.25) is 20.2 Å². The third-order valence-corrected chi connectivity index (χ3v) is 3.90. The van der Waals surface area contributed by atoms with Crippen LogP contribution in [0.25, 0.3) is 5.70 Å². The van der Waals surface area contributed by atoms with E-state index in [-0.39, 0.29) is 36.4 Å². The molecule has 1 atom stereocenters. The Morgan fingerprint density at radius 1 is 1.11 bits per heavy atom. The monoisotopic (exact) mass is 388 g/mol. The Bertz CT molecular complexity index is 868. The molecule has 2 aromatic rings. The van der Waals surface area contributed by atoms with Gasteiger partial charge in [0.1, 0.15) is 18.8 Å². The van der Waals surface area contributed by atoms with E-state index in [1.54, 1.807) is 6.92 Å². The summed E-state index contributed by atoms with van der Waals surface area (Å²) >= 11 is 0. The lowest BCUT2D eigenvalue weighted by Crippen LogP contribution is -2.16. The Morgan fingerprint density at radius 2 is 1.75 bits per heavy atom. The summed E-state index contributed by atoms with van der Waals surface area (Å²) in [6.07, 6.45) is -0.269. The summed E-state index contributed by atoms with van der Waals surface area (Å²) in [5.41, 5.74) is -0.487. The van der Waals surface area contributed by atoms with Gasteiger partial charge in [0.05, 0.1) is 22.0 Å². The third-order valence-electron chi connectivity index (χ3n) is 3.90. The van der Waals surface area contributed by atoms with Crippen LogP contribution in [0.2, 0.25) is 0 Å². The Kier molecular flexibility index (Phi) is 7.05. The van der Waals surface area contributed by atoms with Crippen LogP contribution >= 0.6 is 0 Å². The van der Waals surface area contributed by atoms with Crippen molar-refractivity contribution in [1.82, 2.24) is 0 Å². The summed E-state index contributed by atoms with van der Waals surface area (Å²) in [5.74, 6) is 0.224. The van der Waals surface area contributed by atoms with Gasteiger partial charge in [-0.2, -0.15) is 0 Å². The fraction of sp³-hybridized carbons (Fsp3) is 0.263. The van der Waals surface area contributed by atoms with Crippen molar-refractivity contribution in [3.8, 4) is 11.5 Å². The predicted molar refractivity (Wildman–Crippen MR) is 102 cm³/mol. The molecule has 0 aliphatic rings. The quantitative estimate of drug-likeness (QED) is 0.449. The zero-order valence-corrected chi connectivity index (χ0v) is 15.5. The van der Waals surface area contributed by atoms with Gasteiger partial charge in [0.15, 0.2) is 11.5 Å².